The summed E-state index contributed by atoms with van der Waals surface area (Å²) in [6, 6.07) is 0. The van der Waals surface area contributed by atoms with Crippen molar-refractivity contribution in [3.8, 4) is 0 Å². The molecule has 108 valence electrons. The van der Waals surface area contributed by atoms with Crippen LogP contribution in [0.25, 0.3) is 0 Å². The molecule has 5 nitrogen and oxygen atoms in total. The molecule has 4 rings (SSSR count). The fraction of sp³-hybridized carbons (Fsp3) is 0.800. The Morgan fingerprint density at radius 2 is 2.20 bits per heavy atom. The maximum atomic E-state index is 12.2. The highest BCUT2D eigenvalue weighted by Crippen LogP contribution is 2.62. The van der Waals surface area contributed by atoms with Crippen molar-refractivity contribution in [1.82, 2.24) is 20.1 Å². The Bertz CT molecular complexity index is 514. The molecule has 0 bridgehead atoms. The molecule has 1 heterocycles. The van der Waals surface area contributed by atoms with Gasteiger partial charge in [0.25, 0.3) is 0 Å². The highest BCUT2D eigenvalue weighted by molar-refractivity contribution is 5.82. The Morgan fingerprint density at radius 3 is 2.95 bits per heavy atom. The normalized spacial score (nSPS) is 26.9. The van der Waals surface area contributed by atoms with Crippen molar-refractivity contribution in [2.75, 3.05) is 6.54 Å². The number of hydrogen-bond donors (Lipinski definition) is 1. The molecule has 1 amide bonds. The quantitative estimate of drug-likeness (QED) is 0.891. The number of amides is 1. The van der Waals surface area contributed by atoms with E-state index < -0.39 is 0 Å². The SMILES string of the molecule is O=C(NCCn1cnnc1C1CC1)C1CC12CCCC2. The highest BCUT2D eigenvalue weighted by Gasteiger charge is 2.58. The van der Waals surface area contributed by atoms with Gasteiger partial charge in [-0.25, -0.2) is 0 Å². The zero-order chi connectivity index (χ0) is 13.6. The van der Waals surface area contributed by atoms with Crippen LogP contribution in [0.3, 0.4) is 0 Å². The van der Waals surface area contributed by atoms with Gasteiger partial charge in [-0.1, -0.05) is 12.8 Å². The van der Waals surface area contributed by atoms with Crippen LogP contribution in [0.15, 0.2) is 6.33 Å². The second kappa shape index (κ2) is 4.57. The molecule has 3 saturated carbocycles. The van der Waals surface area contributed by atoms with E-state index >= 15 is 0 Å². The lowest BCUT2D eigenvalue weighted by atomic mass is 10.0. The van der Waals surface area contributed by atoms with Gasteiger partial charge in [0.15, 0.2) is 0 Å². The minimum Gasteiger partial charge on any atom is -0.354 e. The molecule has 0 aromatic carbocycles. The van der Waals surface area contributed by atoms with Gasteiger partial charge in [-0.15, -0.1) is 10.2 Å². The third-order valence-corrected chi connectivity index (χ3v) is 5.35. The smallest absolute Gasteiger partial charge is 0.223 e. The first-order chi connectivity index (χ1) is 9.78. The molecule has 1 atom stereocenters. The van der Waals surface area contributed by atoms with E-state index in [-0.39, 0.29) is 5.91 Å². The van der Waals surface area contributed by atoms with E-state index in [4.69, 9.17) is 0 Å². The molecule has 1 N–H and O–H groups in total. The van der Waals surface area contributed by atoms with Gasteiger partial charge in [0.05, 0.1) is 0 Å². The average Bonchev–Trinajstić information content (AvgIpc) is 3.29. The van der Waals surface area contributed by atoms with Crippen LogP contribution in [0.5, 0.6) is 0 Å². The van der Waals surface area contributed by atoms with E-state index in [0.717, 1.165) is 18.8 Å². The van der Waals surface area contributed by atoms with E-state index in [1.807, 2.05) is 0 Å². The molecule has 1 spiro atoms. The highest BCUT2D eigenvalue weighted by atomic mass is 16.2. The van der Waals surface area contributed by atoms with E-state index in [1.54, 1.807) is 6.33 Å². The Balaban J connectivity index is 1.26. The zero-order valence-corrected chi connectivity index (χ0v) is 11.8. The Morgan fingerprint density at radius 1 is 1.40 bits per heavy atom. The third-order valence-electron chi connectivity index (χ3n) is 5.35. The van der Waals surface area contributed by atoms with Crippen molar-refractivity contribution < 1.29 is 4.79 Å². The van der Waals surface area contributed by atoms with Gasteiger partial charge in [0.1, 0.15) is 12.2 Å². The van der Waals surface area contributed by atoms with Crippen LogP contribution in [0, 0.1) is 11.3 Å². The summed E-state index contributed by atoms with van der Waals surface area (Å²) in [5.41, 5.74) is 0.403. The van der Waals surface area contributed by atoms with Crippen LogP contribution in [0.2, 0.25) is 0 Å². The molecule has 3 fully saturated rings. The van der Waals surface area contributed by atoms with Crippen molar-refractivity contribution in [3.05, 3.63) is 12.2 Å². The molecule has 0 radical (unpaired) electrons. The number of nitrogens with zero attached hydrogens (tertiary/aromatic N) is 3. The molecular weight excluding hydrogens is 252 g/mol. The fourth-order valence-corrected chi connectivity index (χ4v) is 3.87. The Labute approximate surface area is 119 Å². The molecule has 1 unspecified atom stereocenters. The first-order valence-electron chi connectivity index (χ1n) is 7.94. The summed E-state index contributed by atoms with van der Waals surface area (Å²) < 4.78 is 2.09. The molecule has 0 aliphatic heterocycles. The van der Waals surface area contributed by atoms with Gasteiger partial charge in [0, 0.05) is 24.9 Å². The number of hydrogen-bond acceptors (Lipinski definition) is 3. The van der Waals surface area contributed by atoms with Crippen molar-refractivity contribution in [1.29, 1.82) is 0 Å². The van der Waals surface area contributed by atoms with E-state index in [9.17, 15) is 4.79 Å². The molecule has 1 aromatic heterocycles. The predicted octanol–water partition coefficient (Wildman–Crippen LogP) is 1.85. The lowest BCUT2D eigenvalue weighted by Crippen LogP contribution is -2.30. The zero-order valence-electron chi connectivity index (χ0n) is 11.8. The van der Waals surface area contributed by atoms with Crippen LogP contribution in [-0.4, -0.2) is 27.2 Å². The fourth-order valence-electron chi connectivity index (χ4n) is 3.87. The van der Waals surface area contributed by atoms with E-state index in [1.165, 1.54) is 38.5 Å². The summed E-state index contributed by atoms with van der Waals surface area (Å²) in [6.45, 7) is 1.49. The van der Waals surface area contributed by atoms with Gasteiger partial charge in [-0.2, -0.15) is 0 Å². The van der Waals surface area contributed by atoms with Crippen molar-refractivity contribution in [2.45, 2.75) is 57.4 Å². The summed E-state index contributed by atoms with van der Waals surface area (Å²) >= 11 is 0. The van der Waals surface area contributed by atoms with Crippen LogP contribution >= 0.6 is 0 Å². The molecular formula is C15H22N4O. The number of rotatable bonds is 5. The topological polar surface area (TPSA) is 59.8 Å². The largest absolute Gasteiger partial charge is 0.354 e. The summed E-state index contributed by atoms with van der Waals surface area (Å²) in [6.07, 6.45) is 10.5. The summed E-state index contributed by atoms with van der Waals surface area (Å²) in [7, 11) is 0. The van der Waals surface area contributed by atoms with Crippen molar-refractivity contribution >= 4 is 5.91 Å². The average molecular weight is 274 g/mol. The van der Waals surface area contributed by atoms with Gasteiger partial charge >= 0.3 is 0 Å². The minimum atomic E-state index is 0.271. The first kappa shape index (κ1) is 12.4. The van der Waals surface area contributed by atoms with E-state index in [2.05, 4.69) is 20.1 Å². The lowest BCUT2D eigenvalue weighted by molar-refractivity contribution is -0.123. The van der Waals surface area contributed by atoms with Gasteiger partial charge in [0.2, 0.25) is 5.91 Å². The maximum Gasteiger partial charge on any atom is 0.223 e. The first-order valence-corrected chi connectivity index (χ1v) is 7.94. The van der Waals surface area contributed by atoms with Gasteiger partial charge in [-0.3, -0.25) is 4.79 Å². The standard InChI is InChI=1S/C15H22N4O/c20-14(12-9-15(12)5-1-2-6-15)16-7-8-19-10-17-18-13(19)11-3-4-11/h10-12H,1-9H2,(H,16,20). The summed E-state index contributed by atoms with van der Waals surface area (Å²) in [5.74, 6) is 2.28. The number of nitrogens with one attached hydrogen (secondary N) is 1. The Kier molecular flexibility index (Phi) is 2.82. The van der Waals surface area contributed by atoms with E-state index in [0.29, 0.717) is 23.8 Å². The summed E-state index contributed by atoms with van der Waals surface area (Å²) in [4.78, 5) is 12.2. The minimum absolute atomic E-state index is 0.271. The van der Waals surface area contributed by atoms with Gasteiger partial charge in [-0.05, 0) is 37.5 Å². The number of carbonyl (C=O) groups is 1. The maximum absolute atomic E-state index is 12.2. The Hall–Kier alpha value is -1.39. The molecule has 1 aromatic rings. The summed E-state index contributed by atoms with van der Waals surface area (Å²) in [5, 5.41) is 11.3. The second-order valence-corrected chi connectivity index (χ2v) is 6.77. The molecule has 5 heteroatoms. The predicted molar refractivity (Wildman–Crippen MR) is 74.0 cm³/mol. The van der Waals surface area contributed by atoms with Crippen LogP contribution in [-0.2, 0) is 11.3 Å². The second-order valence-electron chi connectivity index (χ2n) is 6.77. The van der Waals surface area contributed by atoms with Crippen LogP contribution in [0.1, 0.15) is 56.7 Å². The molecule has 3 aliphatic carbocycles. The number of aromatic nitrogens is 3. The molecule has 20 heavy (non-hydrogen) atoms. The van der Waals surface area contributed by atoms with Gasteiger partial charge < -0.3 is 9.88 Å². The lowest BCUT2D eigenvalue weighted by Gasteiger charge is -2.10. The van der Waals surface area contributed by atoms with Crippen LogP contribution < -0.4 is 5.32 Å². The molecule has 3 aliphatic rings. The third kappa shape index (κ3) is 2.13. The van der Waals surface area contributed by atoms with Crippen LogP contribution in [0.4, 0.5) is 0 Å². The number of carbonyl (C=O) groups excluding carboxylic acids is 1. The van der Waals surface area contributed by atoms with Crippen molar-refractivity contribution in [3.63, 3.8) is 0 Å². The monoisotopic (exact) mass is 274 g/mol. The van der Waals surface area contributed by atoms with Crippen molar-refractivity contribution in [2.24, 2.45) is 11.3 Å². The molecule has 0 saturated heterocycles.